The molecule has 0 aromatic heterocycles. The fourth-order valence-electron chi connectivity index (χ4n) is 0.453. The summed E-state index contributed by atoms with van der Waals surface area (Å²) < 4.78 is 0. The van der Waals surface area contributed by atoms with Gasteiger partial charge >= 0.3 is 6.47 Å². The van der Waals surface area contributed by atoms with Crippen LogP contribution in [0.4, 0.5) is 0 Å². The van der Waals surface area contributed by atoms with Gasteiger partial charge in [0.15, 0.2) is 0 Å². The Bertz CT molecular complexity index is 70.1. The zero-order chi connectivity index (χ0) is 5.11. The van der Waals surface area contributed by atoms with E-state index in [0.717, 1.165) is 19.5 Å². The minimum Gasteiger partial charge on any atom is -0.371 e. The van der Waals surface area contributed by atoms with Crippen molar-refractivity contribution < 1.29 is 9.63 Å². The minimum absolute atomic E-state index is 0.458. The van der Waals surface area contributed by atoms with E-state index in [1.54, 1.807) is 5.06 Å². The van der Waals surface area contributed by atoms with Gasteiger partial charge in [-0.1, -0.05) is 0 Å². The molecule has 3 heteroatoms. The topological polar surface area (TPSA) is 29.5 Å². The van der Waals surface area contributed by atoms with Crippen LogP contribution in [0.1, 0.15) is 6.42 Å². The van der Waals surface area contributed by atoms with Crippen molar-refractivity contribution in [3.8, 4) is 0 Å². The molecule has 0 aromatic carbocycles. The van der Waals surface area contributed by atoms with Crippen molar-refractivity contribution in [3.63, 3.8) is 0 Å². The van der Waals surface area contributed by atoms with Crippen LogP contribution in [-0.4, -0.2) is 24.6 Å². The smallest absolute Gasteiger partial charge is 0.312 e. The SMILES string of the molecule is O=CON1CCC1. The predicted molar refractivity (Wildman–Crippen MR) is 23.3 cm³/mol. The summed E-state index contributed by atoms with van der Waals surface area (Å²) >= 11 is 0. The van der Waals surface area contributed by atoms with Gasteiger partial charge in [0.1, 0.15) is 0 Å². The molecule has 1 fully saturated rings. The maximum Gasteiger partial charge on any atom is 0.312 e. The molecule has 1 rings (SSSR count). The first-order chi connectivity index (χ1) is 3.43. The molecular formula is C4H7NO2. The fraction of sp³-hybridized carbons (Fsp3) is 0.750. The normalized spacial score (nSPS) is 20.6. The van der Waals surface area contributed by atoms with Gasteiger partial charge in [-0.15, -0.1) is 5.06 Å². The van der Waals surface area contributed by atoms with Crippen molar-refractivity contribution in [1.29, 1.82) is 0 Å². The summed E-state index contributed by atoms with van der Waals surface area (Å²) in [4.78, 5) is 14.0. The number of rotatable bonds is 2. The lowest BCUT2D eigenvalue weighted by Crippen LogP contribution is -2.36. The summed E-state index contributed by atoms with van der Waals surface area (Å²) in [6.07, 6.45) is 1.15. The van der Waals surface area contributed by atoms with Crippen LogP contribution in [0.25, 0.3) is 0 Å². The highest BCUT2D eigenvalue weighted by Gasteiger charge is 2.13. The monoisotopic (exact) mass is 101 g/mol. The molecule has 7 heavy (non-hydrogen) atoms. The summed E-state index contributed by atoms with van der Waals surface area (Å²) in [6, 6.07) is 0. The zero-order valence-corrected chi connectivity index (χ0v) is 3.96. The van der Waals surface area contributed by atoms with Crippen molar-refractivity contribution in [2.24, 2.45) is 0 Å². The first kappa shape index (κ1) is 4.59. The van der Waals surface area contributed by atoms with E-state index in [9.17, 15) is 4.79 Å². The van der Waals surface area contributed by atoms with E-state index in [4.69, 9.17) is 0 Å². The summed E-state index contributed by atoms with van der Waals surface area (Å²) in [5.74, 6) is 0. The standard InChI is InChI=1S/C4H7NO2/c6-4-7-5-2-1-3-5/h4H,1-3H2. The van der Waals surface area contributed by atoms with Crippen LogP contribution >= 0.6 is 0 Å². The van der Waals surface area contributed by atoms with Crippen LogP contribution in [0, 0.1) is 0 Å². The molecule has 1 aliphatic rings. The molecule has 0 aliphatic carbocycles. The number of hydrogen-bond acceptors (Lipinski definition) is 3. The van der Waals surface area contributed by atoms with Gasteiger partial charge in [-0.2, -0.15) is 0 Å². The van der Waals surface area contributed by atoms with Crippen LogP contribution in [0.3, 0.4) is 0 Å². The Kier molecular flexibility index (Phi) is 1.26. The molecule has 0 spiro atoms. The van der Waals surface area contributed by atoms with Crippen molar-refractivity contribution in [2.45, 2.75) is 6.42 Å². The largest absolute Gasteiger partial charge is 0.371 e. The molecule has 0 N–H and O–H groups in total. The highest BCUT2D eigenvalue weighted by atomic mass is 16.7. The van der Waals surface area contributed by atoms with Gasteiger partial charge in [-0.3, -0.25) is 4.79 Å². The molecule has 0 bridgehead atoms. The van der Waals surface area contributed by atoms with Gasteiger partial charge in [0.25, 0.3) is 0 Å². The predicted octanol–water partition coefficient (Wildman–Crippen LogP) is -0.220. The van der Waals surface area contributed by atoms with E-state index in [0.29, 0.717) is 6.47 Å². The Morgan fingerprint density at radius 3 is 2.43 bits per heavy atom. The fourth-order valence-corrected chi connectivity index (χ4v) is 0.453. The summed E-state index contributed by atoms with van der Waals surface area (Å²) in [7, 11) is 0. The molecular weight excluding hydrogens is 94.0 g/mol. The molecule has 0 aromatic rings. The van der Waals surface area contributed by atoms with Gasteiger partial charge in [0.05, 0.1) is 0 Å². The first-order valence-corrected chi connectivity index (χ1v) is 2.29. The molecule has 0 atom stereocenters. The molecule has 1 heterocycles. The van der Waals surface area contributed by atoms with Crippen molar-refractivity contribution in [3.05, 3.63) is 0 Å². The Hall–Kier alpha value is -0.570. The average molecular weight is 101 g/mol. The average Bonchev–Trinajstić information content (AvgIpc) is 1.55. The molecule has 0 unspecified atom stereocenters. The third-order valence-electron chi connectivity index (χ3n) is 1.01. The Labute approximate surface area is 41.8 Å². The summed E-state index contributed by atoms with van der Waals surface area (Å²) in [5, 5.41) is 1.62. The molecule has 3 nitrogen and oxygen atoms in total. The molecule has 1 aliphatic heterocycles. The molecule has 0 amide bonds. The van der Waals surface area contributed by atoms with Crippen LogP contribution < -0.4 is 0 Å². The van der Waals surface area contributed by atoms with E-state index in [2.05, 4.69) is 4.84 Å². The highest BCUT2D eigenvalue weighted by Crippen LogP contribution is 2.03. The second-order valence-electron chi connectivity index (χ2n) is 1.48. The molecule has 40 valence electrons. The van der Waals surface area contributed by atoms with E-state index >= 15 is 0 Å². The van der Waals surface area contributed by atoms with Crippen molar-refractivity contribution in [2.75, 3.05) is 13.1 Å². The summed E-state index contributed by atoms with van der Waals surface area (Å²) in [5.41, 5.74) is 0. The van der Waals surface area contributed by atoms with Crippen molar-refractivity contribution >= 4 is 6.47 Å². The molecule has 1 saturated heterocycles. The quantitative estimate of drug-likeness (QED) is 0.450. The second-order valence-corrected chi connectivity index (χ2v) is 1.48. The Balaban J connectivity index is 2.03. The van der Waals surface area contributed by atoms with Crippen LogP contribution in [0.5, 0.6) is 0 Å². The van der Waals surface area contributed by atoms with E-state index in [1.165, 1.54) is 0 Å². The number of carbonyl (C=O) groups is 1. The molecule has 0 radical (unpaired) electrons. The van der Waals surface area contributed by atoms with Crippen molar-refractivity contribution in [1.82, 2.24) is 5.06 Å². The minimum atomic E-state index is 0.458. The summed E-state index contributed by atoms with van der Waals surface area (Å²) in [6.45, 7) is 2.26. The highest BCUT2D eigenvalue weighted by molar-refractivity contribution is 5.36. The van der Waals surface area contributed by atoms with Crippen LogP contribution in [-0.2, 0) is 9.63 Å². The van der Waals surface area contributed by atoms with Gasteiger partial charge in [-0.05, 0) is 6.42 Å². The van der Waals surface area contributed by atoms with E-state index in [-0.39, 0.29) is 0 Å². The van der Waals surface area contributed by atoms with Crippen LogP contribution in [0.2, 0.25) is 0 Å². The number of hydrogen-bond donors (Lipinski definition) is 0. The van der Waals surface area contributed by atoms with Gasteiger partial charge in [-0.25, -0.2) is 0 Å². The third-order valence-corrected chi connectivity index (χ3v) is 1.01. The zero-order valence-electron chi connectivity index (χ0n) is 3.96. The lowest BCUT2D eigenvalue weighted by atomic mass is 10.3. The van der Waals surface area contributed by atoms with Crippen LogP contribution in [0.15, 0.2) is 0 Å². The van der Waals surface area contributed by atoms with Gasteiger partial charge in [0, 0.05) is 13.1 Å². The number of carbonyl (C=O) groups excluding carboxylic acids is 1. The number of nitrogens with zero attached hydrogens (tertiary/aromatic N) is 1. The molecule has 0 saturated carbocycles. The lowest BCUT2D eigenvalue weighted by molar-refractivity contribution is -0.191. The third kappa shape index (κ3) is 0.899. The maximum atomic E-state index is 9.54. The number of hydroxylamine groups is 2. The maximum absolute atomic E-state index is 9.54. The Morgan fingerprint density at radius 2 is 2.29 bits per heavy atom. The van der Waals surface area contributed by atoms with Gasteiger partial charge < -0.3 is 4.84 Å². The van der Waals surface area contributed by atoms with Gasteiger partial charge in [0.2, 0.25) is 0 Å². The first-order valence-electron chi connectivity index (χ1n) is 2.29. The second kappa shape index (κ2) is 1.93. The lowest BCUT2D eigenvalue weighted by Gasteiger charge is -2.26. The van der Waals surface area contributed by atoms with E-state index in [1.807, 2.05) is 0 Å². The Morgan fingerprint density at radius 1 is 1.57 bits per heavy atom. The van der Waals surface area contributed by atoms with E-state index < -0.39 is 0 Å².